The van der Waals surface area contributed by atoms with Crippen molar-refractivity contribution in [3.63, 3.8) is 0 Å². The smallest absolute Gasteiger partial charge is 0.162 e. The molecule has 0 saturated heterocycles. The molecular formula is C15H18O3. The molecule has 1 N–H and O–H groups in total. The fourth-order valence-corrected chi connectivity index (χ4v) is 2.40. The number of benzene rings is 1. The van der Waals surface area contributed by atoms with Crippen LogP contribution in [0.1, 0.15) is 54.9 Å². The summed E-state index contributed by atoms with van der Waals surface area (Å²) >= 11 is 0. The Bertz CT molecular complexity index is 449. The van der Waals surface area contributed by atoms with Crippen molar-refractivity contribution in [2.75, 3.05) is 0 Å². The van der Waals surface area contributed by atoms with E-state index < -0.39 is 5.60 Å². The molecule has 1 aromatic rings. The quantitative estimate of drug-likeness (QED) is 0.834. The SMILES string of the molecule is CCC(=O)c1ccc(C2(O)CCC(=O)CC2)cc1. The van der Waals surface area contributed by atoms with E-state index in [1.165, 1.54) is 0 Å². The average molecular weight is 246 g/mol. The first-order chi connectivity index (χ1) is 8.55. The fourth-order valence-electron chi connectivity index (χ4n) is 2.40. The van der Waals surface area contributed by atoms with Crippen LogP contribution in [0.5, 0.6) is 0 Å². The summed E-state index contributed by atoms with van der Waals surface area (Å²) in [6.45, 7) is 1.83. The highest BCUT2D eigenvalue weighted by Crippen LogP contribution is 2.35. The first-order valence-electron chi connectivity index (χ1n) is 6.43. The zero-order chi connectivity index (χ0) is 13.2. The van der Waals surface area contributed by atoms with Crippen molar-refractivity contribution in [2.45, 2.75) is 44.6 Å². The maximum Gasteiger partial charge on any atom is 0.162 e. The van der Waals surface area contributed by atoms with Crippen LogP contribution in [0.25, 0.3) is 0 Å². The topological polar surface area (TPSA) is 54.4 Å². The van der Waals surface area contributed by atoms with Gasteiger partial charge in [-0.1, -0.05) is 31.2 Å². The summed E-state index contributed by atoms with van der Waals surface area (Å²) in [7, 11) is 0. The number of ketones is 2. The summed E-state index contributed by atoms with van der Waals surface area (Å²) in [5, 5.41) is 10.5. The first-order valence-corrected chi connectivity index (χ1v) is 6.43. The van der Waals surface area contributed by atoms with E-state index in [9.17, 15) is 14.7 Å². The highest BCUT2D eigenvalue weighted by molar-refractivity contribution is 5.95. The average Bonchev–Trinajstić information content (AvgIpc) is 2.41. The standard InChI is InChI=1S/C15H18O3/c1-2-14(17)11-3-5-12(6-4-11)15(18)9-7-13(16)8-10-15/h3-6,18H,2,7-10H2,1H3. The van der Waals surface area contributed by atoms with Crippen molar-refractivity contribution in [1.82, 2.24) is 0 Å². The summed E-state index contributed by atoms with van der Waals surface area (Å²) < 4.78 is 0. The second-order valence-electron chi connectivity index (χ2n) is 4.92. The normalized spacial score (nSPS) is 18.7. The van der Waals surface area contributed by atoms with Gasteiger partial charge >= 0.3 is 0 Å². The van der Waals surface area contributed by atoms with Crippen molar-refractivity contribution < 1.29 is 14.7 Å². The van der Waals surface area contributed by atoms with Gasteiger partial charge in [0.25, 0.3) is 0 Å². The second kappa shape index (κ2) is 5.02. The van der Waals surface area contributed by atoms with Gasteiger partial charge < -0.3 is 5.11 Å². The Morgan fingerprint density at radius 3 is 2.28 bits per heavy atom. The Balaban J connectivity index is 2.19. The Morgan fingerprint density at radius 1 is 1.22 bits per heavy atom. The molecule has 0 spiro atoms. The molecule has 0 amide bonds. The Hall–Kier alpha value is -1.48. The molecule has 1 aliphatic rings. The second-order valence-corrected chi connectivity index (χ2v) is 4.92. The predicted molar refractivity (Wildman–Crippen MR) is 68.4 cm³/mol. The van der Waals surface area contributed by atoms with Crippen LogP contribution in [0.15, 0.2) is 24.3 Å². The molecule has 0 heterocycles. The molecule has 0 aliphatic heterocycles. The molecule has 0 atom stereocenters. The molecule has 18 heavy (non-hydrogen) atoms. The van der Waals surface area contributed by atoms with Gasteiger partial charge in [-0.15, -0.1) is 0 Å². The van der Waals surface area contributed by atoms with Gasteiger partial charge in [0.2, 0.25) is 0 Å². The van der Waals surface area contributed by atoms with Gasteiger partial charge in [-0.2, -0.15) is 0 Å². The molecule has 1 fully saturated rings. The van der Waals surface area contributed by atoms with E-state index in [0.29, 0.717) is 37.7 Å². The summed E-state index contributed by atoms with van der Waals surface area (Å²) in [5.41, 5.74) is 0.584. The molecule has 3 nitrogen and oxygen atoms in total. The molecule has 3 heteroatoms. The van der Waals surface area contributed by atoms with Crippen LogP contribution >= 0.6 is 0 Å². The van der Waals surface area contributed by atoms with Crippen LogP contribution in [0.2, 0.25) is 0 Å². The van der Waals surface area contributed by atoms with Gasteiger partial charge in [0.05, 0.1) is 5.60 Å². The minimum atomic E-state index is -0.901. The maximum atomic E-state index is 11.5. The molecule has 0 radical (unpaired) electrons. The van der Waals surface area contributed by atoms with Gasteiger partial charge in [0, 0.05) is 24.8 Å². The molecule has 0 bridgehead atoms. The Labute approximate surface area is 107 Å². The summed E-state index contributed by atoms with van der Waals surface area (Å²) in [6.07, 6.45) is 2.32. The van der Waals surface area contributed by atoms with Gasteiger partial charge in [0.15, 0.2) is 5.78 Å². The number of carbonyl (C=O) groups is 2. The molecule has 96 valence electrons. The fraction of sp³-hybridized carbons (Fsp3) is 0.467. The minimum Gasteiger partial charge on any atom is -0.385 e. The van der Waals surface area contributed by atoms with Gasteiger partial charge in [-0.3, -0.25) is 9.59 Å². The summed E-state index contributed by atoms with van der Waals surface area (Å²) in [4.78, 5) is 22.7. The van der Waals surface area contributed by atoms with E-state index in [1.807, 2.05) is 6.92 Å². The van der Waals surface area contributed by atoms with E-state index in [4.69, 9.17) is 0 Å². The zero-order valence-electron chi connectivity index (χ0n) is 10.6. The summed E-state index contributed by atoms with van der Waals surface area (Å²) in [6, 6.07) is 7.13. The van der Waals surface area contributed by atoms with E-state index >= 15 is 0 Å². The lowest BCUT2D eigenvalue weighted by molar-refractivity contribution is -0.125. The lowest BCUT2D eigenvalue weighted by Crippen LogP contribution is -2.31. The molecular weight excluding hydrogens is 228 g/mol. The number of hydrogen-bond donors (Lipinski definition) is 1. The van der Waals surface area contributed by atoms with E-state index in [-0.39, 0.29) is 11.6 Å². The molecule has 0 aromatic heterocycles. The number of rotatable bonds is 3. The molecule has 1 aliphatic carbocycles. The molecule has 0 unspecified atom stereocenters. The predicted octanol–water partition coefficient (Wildman–Crippen LogP) is 2.61. The summed E-state index contributed by atoms with van der Waals surface area (Å²) in [5.74, 6) is 0.324. The van der Waals surface area contributed by atoms with Gasteiger partial charge in [-0.05, 0) is 18.4 Å². The Morgan fingerprint density at radius 2 is 1.78 bits per heavy atom. The number of Topliss-reactive ketones (excluding diaryl/α,β-unsaturated/α-hetero) is 2. The van der Waals surface area contributed by atoms with Crippen LogP contribution in [-0.2, 0) is 10.4 Å². The van der Waals surface area contributed by atoms with Crippen LogP contribution in [0, 0.1) is 0 Å². The largest absolute Gasteiger partial charge is 0.385 e. The highest BCUT2D eigenvalue weighted by Gasteiger charge is 2.33. The van der Waals surface area contributed by atoms with Crippen LogP contribution in [-0.4, -0.2) is 16.7 Å². The van der Waals surface area contributed by atoms with Gasteiger partial charge in [0.1, 0.15) is 5.78 Å². The highest BCUT2D eigenvalue weighted by atomic mass is 16.3. The Kier molecular flexibility index (Phi) is 3.62. The zero-order valence-corrected chi connectivity index (χ0v) is 10.6. The number of aliphatic hydroxyl groups is 1. The third-order valence-corrected chi connectivity index (χ3v) is 3.70. The van der Waals surface area contributed by atoms with Crippen LogP contribution in [0.4, 0.5) is 0 Å². The number of carbonyl (C=O) groups excluding carboxylic acids is 2. The lowest BCUT2D eigenvalue weighted by atomic mass is 9.79. The van der Waals surface area contributed by atoms with Gasteiger partial charge in [-0.25, -0.2) is 0 Å². The molecule has 2 rings (SSSR count). The van der Waals surface area contributed by atoms with Crippen molar-refractivity contribution in [3.05, 3.63) is 35.4 Å². The van der Waals surface area contributed by atoms with Crippen molar-refractivity contribution in [3.8, 4) is 0 Å². The molecule has 1 aromatic carbocycles. The van der Waals surface area contributed by atoms with Crippen LogP contribution < -0.4 is 0 Å². The van der Waals surface area contributed by atoms with Crippen molar-refractivity contribution in [2.24, 2.45) is 0 Å². The van der Waals surface area contributed by atoms with E-state index in [1.54, 1.807) is 24.3 Å². The first kappa shape index (κ1) is 13.0. The van der Waals surface area contributed by atoms with E-state index in [0.717, 1.165) is 5.56 Å². The van der Waals surface area contributed by atoms with Crippen LogP contribution in [0.3, 0.4) is 0 Å². The van der Waals surface area contributed by atoms with E-state index in [2.05, 4.69) is 0 Å². The van der Waals surface area contributed by atoms with Crippen molar-refractivity contribution in [1.29, 1.82) is 0 Å². The number of hydrogen-bond acceptors (Lipinski definition) is 3. The lowest BCUT2D eigenvalue weighted by Gasteiger charge is -2.32. The molecule has 1 saturated carbocycles. The maximum absolute atomic E-state index is 11.5. The minimum absolute atomic E-state index is 0.104. The third-order valence-electron chi connectivity index (χ3n) is 3.70. The third kappa shape index (κ3) is 2.51. The monoisotopic (exact) mass is 246 g/mol. The van der Waals surface area contributed by atoms with Crippen molar-refractivity contribution >= 4 is 11.6 Å².